The van der Waals surface area contributed by atoms with E-state index in [-0.39, 0.29) is 41.6 Å². The van der Waals surface area contributed by atoms with E-state index in [1.54, 1.807) is 49.5 Å². The zero-order valence-electron chi connectivity index (χ0n) is 22.3. The zero-order chi connectivity index (χ0) is 27.3. The molecule has 1 aliphatic heterocycles. The average Bonchev–Trinajstić information content (AvgIpc) is 3.27. The number of hydrogen-bond donors (Lipinski definition) is 1. The molecule has 0 amide bonds. The van der Waals surface area contributed by atoms with E-state index in [0.29, 0.717) is 62.6 Å². The zero-order valence-corrected chi connectivity index (χ0v) is 24.0. The highest BCUT2D eigenvalue weighted by Crippen LogP contribution is 2.45. The normalized spacial score (nSPS) is 16.4. The summed E-state index contributed by atoms with van der Waals surface area (Å²) in [6.45, 7) is 8.70. The molecule has 1 atom stereocenters. The van der Waals surface area contributed by atoms with Gasteiger partial charge in [-0.2, -0.15) is 11.8 Å². The van der Waals surface area contributed by atoms with Crippen LogP contribution in [0.25, 0.3) is 0 Å². The first kappa shape index (κ1) is 31.3. The minimum absolute atomic E-state index is 0.0148. The maximum atomic E-state index is 11.9. The standard InChI is InChI=1S/C27H40O8S2/c1-5-8-22-23(10-9-21(19(4)28)26(22)31)34-15-16-36-18-20-17-35-27(37-20,13-11-24(29)32-6-2)14-12-25(30)33-7-3/h9-10,20,31H,5-8,11-18H2,1-4H3. The fraction of sp³-hybridized carbons (Fsp3) is 0.667. The van der Waals surface area contributed by atoms with E-state index in [4.69, 9.17) is 18.9 Å². The minimum atomic E-state index is -0.605. The van der Waals surface area contributed by atoms with Crippen molar-refractivity contribution in [3.05, 3.63) is 23.3 Å². The van der Waals surface area contributed by atoms with Crippen molar-refractivity contribution in [3.8, 4) is 11.5 Å². The van der Waals surface area contributed by atoms with E-state index < -0.39 is 4.93 Å². The number of phenols is 1. The van der Waals surface area contributed by atoms with Crippen LogP contribution in [0, 0.1) is 0 Å². The summed E-state index contributed by atoms with van der Waals surface area (Å²) in [6, 6.07) is 3.37. The Balaban J connectivity index is 1.86. The summed E-state index contributed by atoms with van der Waals surface area (Å²) in [5.41, 5.74) is 0.991. The molecule has 1 fully saturated rings. The molecule has 1 N–H and O–H groups in total. The summed E-state index contributed by atoms with van der Waals surface area (Å²) >= 11 is 3.42. The molecular formula is C27H40O8S2. The second-order valence-electron chi connectivity index (χ2n) is 8.74. The van der Waals surface area contributed by atoms with E-state index in [0.717, 1.165) is 17.9 Å². The number of rotatable bonds is 17. The van der Waals surface area contributed by atoms with Gasteiger partial charge >= 0.3 is 11.9 Å². The summed E-state index contributed by atoms with van der Waals surface area (Å²) in [4.78, 5) is 35.0. The third-order valence-corrected chi connectivity index (χ3v) is 8.75. The predicted molar refractivity (Wildman–Crippen MR) is 147 cm³/mol. The molecule has 0 bridgehead atoms. The summed E-state index contributed by atoms with van der Waals surface area (Å²) in [5, 5.41) is 10.7. The highest BCUT2D eigenvalue weighted by atomic mass is 32.2. The van der Waals surface area contributed by atoms with Gasteiger partial charge in [-0.25, -0.2) is 0 Å². The summed E-state index contributed by atoms with van der Waals surface area (Å²) < 4.78 is 22.3. The van der Waals surface area contributed by atoms with Crippen molar-refractivity contribution in [2.75, 3.05) is 37.9 Å². The Hall–Kier alpha value is -1.91. The molecule has 0 aromatic heterocycles. The molecule has 208 valence electrons. The summed E-state index contributed by atoms with van der Waals surface area (Å²) in [5.74, 6) is 1.51. The van der Waals surface area contributed by atoms with Gasteiger partial charge in [0.2, 0.25) is 0 Å². The molecule has 8 nitrogen and oxygen atoms in total. The Bertz CT molecular complexity index is 883. The van der Waals surface area contributed by atoms with Gasteiger partial charge in [0.25, 0.3) is 0 Å². The van der Waals surface area contributed by atoms with Crippen LogP contribution in [0.4, 0.5) is 0 Å². The maximum absolute atomic E-state index is 11.9. The molecule has 2 rings (SSSR count). The van der Waals surface area contributed by atoms with E-state index in [1.165, 1.54) is 6.92 Å². The van der Waals surface area contributed by atoms with Gasteiger partial charge < -0.3 is 24.1 Å². The van der Waals surface area contributed by atoms with Crippen LogP contribution in [0.2, 0.25) is 0 Å². The Morgan fingerprint density at radius 2 is 1.76 bits per heavy atom. The number of hydrogen-bond acceptors (Lipinski definition) is 10. The lowest BCUT2D eigenvalue weighted by Gasteiger charge is -2.27. The van der Waals surface area contributed by atoms with Crippen LogP contribution in [0.3, 0.4) is 0 Å². The number of phenolic OH excluding ortho intramolecular Hbond substituents is 1. The monoisotopic (exact) mass is 556 g/mol. The molecule has 1 heterocycles. The van der Waals surface area contributed by atoms with Crippen LogP contribution in [0.1, 0.15) is 75.7 Å². The number of carbonyl (C=O) groups is 3. The second-order valence-corrected chi connectivity index (χ2v) is 11.5. The van der Waals surface area contributed by atoms with Gasteiger partial charge in [-0.15, -0.1) is 11.8 Å². The quantitative estimate of drug-likeness (QED) is 0.157. The first-order valence-electron chi connectivity index (χ1n) is 12.9. The molecule has 1 aromatic carbocycles. The number of benzene rings is 1. The molecule has 1 saturated heterocycles. The maximum Gasteiger partial charge on any atom is 0.305 e. The molecule has 0 radical (unpaired) electrons. The van der Waals surface area contributed by atoms with Crippen molar-refractivity contribution < 1.29 is 38.4 Å². The van der Waals surface area contributed by atoms with Crippen LogP contribution in [0.5, 0.6) is 11.5 Å². The van der Waals surface area contributed by atoms with Gasteiger partial charge in [0, 0.05) is 35.2 Å². The van der Waals surface area contributed by atoms with Crippen molar-refractivity contribution in [1.82, 2.24) is 0 Å². The lowest BCUT2D eigenvalue weighted by atomic mass is 10.0. The number of thioether (sulfide) groups is 2. The number of ketones is 1. The van der Waals surface area contributed by atoms with E-state index in [2.05, 4.69) is 0 Å². The van der Waals surface area contributed by atoms with E-state index >= 15 is 0 Å². The summed E-state index contributed by atoms with van der Waals surface area (Å²) in [7, 11) is 0. The van der Waals surface area contributed by atoms with Crippen LogP contribution >= 0.6 is 23.5 Å². The van der Waals surface area contributed by atoms with Crippen LogP contribution in [-0.4, -0.2) is 70.9 Å². The largest absolute Gasteiger partial charge is 0.507 e. The van der Waals surface area contributed by atoms with Gasteiger partial charge in [0.15, 0.2) is 5.78 Å². The van der Waals surface area contributed by atoms with E-state index in [9.17, 15) is 19.5 Å². The number of ether oxygens (including phenoxy) is 4. The first-order valence-corrected chi connectivity index (χ1v) is 15.0. The summed E-state index contributed by atoms with van der Waals surface area (Å²) in [6.07, 6.45) is 2.91. The third kappa shape index (κ3) is 10.1. The first-order chi connectivity index (χ1) is 17.7. The van der Waals surface area contributed by atoms with Crippen LogP contribution in [-0.2, 0) is 30.2 Å². The SMILES string of the molecule is CCCc1c(OCCSCC2COC(CCC(=O)OCC)(CCC(=O)OCC)S2)ccc(C(C)=O)c1O. The Labute approximate surface area is 228 Å². The van der Waals surface area contributed by atoms with Gasteiger partial charge in [-0.05, 0) is 52.2 Å². The second kappa shape index (κ2) is 16.1. The minimum Gasteiger partial charge on any atom is -0.507 e. The van der Waals surface area contributed by atoms with Crippen molar-refractivity contribution in [2.45, 2.75) is 76.4 Å². The molecule has 0 spiro atoms. The van der Waals surface area contributed by atoms with E-state index in [1.807, 2.05) is 6.92 Å². The molecule has 37 heavy (non-hydrogen) atoms. The van der Waals surface area contributed by atoms with Crippen molar-refractivity contribution in [3.63, 3.8) is 0 Å². The molecule has 1 aliphatic rings. The van der Waals surface area contributed by atoms with Gasteiger partial charge in [-0.1, -0.05) is 13.3 Å². The Kier molecular flexibility index (Phi) is 13.7. The molecule has 0 saturated carbocycles. The molecule has 0 aliphatic carbocycles. The van der Waals surface area contributed by atoms with Crippen LogP contribution < -0.4 is 4.74 Å². The van der Waals surface area contributed by atoms with Gasteiger partial charge in [0.05, 0.1) is 32.0 Å². The number of carbonyl (C=O) groups excluding carboxylic acids is 3. The predicted octanol–water partition coefficient (Wildman–Crippen LogP) is 5.17. The number of aromatic hydroxyl groups is 1. The Morgan fingerprint density at radius 3 is 2.32 bits per heavy atom. The van der Waals surface area contributed by atoms with Crippen LogP contribution in [0.15, 0.2) is 12.1 Å². The lowest BCUT2D eigenvalue weighted by molar-refractivity contribution is -0.144. The van der Waals surface area contributed by atoms with Crippen molar-refractivity contribution >= 4 is 41.2 Å². The van der Waals surface area contributed by atoms with Gasteiger partial charge in [0.1, 0.15) is 16.4 Å². The fourth-order valence-corrected chi connectivity index (χ4v) is 6.70. The molecule has 1 aromatic rings. The molecular weight excluding hydrogens is 516 g/mol. The highest BCUT2D eigenvalue weighted by Gasteiger charge is 2.41. The highest BCUT2D eigenvalue weighted by molar-refractivity contribution is 8.04. The molecule has 1 unspecified atom stereocenters. The van der Waals surface area contributed by atoms with Gasteiger partial charge in [-0.3, -0.25) is 14.4 Å². The average molecular weight is 557 g/mol. The number of esters is 2. The van der Waals surface area contributed by atoms with Crippen molar-refractivity contribution in [2.24, 2.45) is 0 Å². The Morgan fingerprint density at radius 1 is 1.11 bits per heavy atom. The third-order valence-electron chi connectivity index (χ3n) is 5.85. The molecule has 10 heteroatoms. The lowest BCUT2D eigenvalue weighted by Crippen LogP contribution is -2.27. The smallest absolute Gasteiger partial charge is 0.305 e. The number of Topliss-reactive ketones (excluding diaryl/α,β-unsaturated/α-hetero) is 1. The van der Waals surface area contributed by atoms with Crippen molar-refractivity contribution in [1.29, 1.82) is 0 Å². The topological polar surface area (TPSA) is 108 Å². The fourth-order valence-electron chi connectivity index (χ4n) is 4.09.